The topological polar surface area (TPSA) is 25.8 Å². The van der Waals surface area contributed by atoms with Crippen molar-refractivity contribution in [2.45, 2.75) is 6.92 Å². The van der Waals surface area contributed by atoms with E-state index >= 15 is 0 Å². The summed E-state index contributed by atoms with van der Waals surface area (Å²) >= 11 is 5.54. The first-order valence-corrected chi connectivity index (χ1v) is 6.02. The van der Waals surface area contributed by atoms with Crippen LogP contribution in [0.25, 0.3) is 10.9 Å². The summed E-state index contributed by atoms with van der Waals surface area (Å²) in [7, 11) is 0. The monoisotopic (exact) mass is 256 g/mol. The molecule has 90 valence electrons. The highest BCUT2D eigenvalue weighted by atomic mass is 35.5. The molecule has 18 heavy (non-hydrogen) atoms. The highest BCUT2D eigenvalue weighted by Crippen LogP contribution is 2.11. The summed E-state index contributed by atoms with van der Waals surface area (Å²) in [5, 5.41) is 1.93. The normalized spacial score (nSPS) is 9.67. The van der Waals surface area contributed by atoms with Crippen molar-refractivity contribution in [3.63, 3.8) is 0 Å². The molecule has 2 aromatic carbocycles. The molecule has 0 aliphatic carbocycles. The summed E-state index contributed by atoms with van der Waals surface area (Å²) in [4.78, 5) is 8.23. The molecule has 1 heterocycles. The van der Waals surface area contributed by atoms with Crippen molar-refractivity contribution in [3.05, 3.63) is 71.6 Å². The first-order valence-electron chi connectivity index (χ1n) is 5.64. The Labute approximate surface area is 111 Å². The van der Waals surface area contributed by atoms with Crippen molar-refractivity contribution in [1.29, 1.82) is 0 Å². The van der Waals surface area contributed by atoms with E-state index in [0.717, 1.165) is 21.6 Å². The van der Waals surface area contributed by atoms with Crippen LogP contribution in [0.2, 0.25) is 5.02 Å². The van der Waals surface area contributed by atoms with Gasteiger partial charge in [0.2, 0.25) is 0 Å². The van der Waals surface area contributed by atoms with Crippen molar-refractivity contribution in [3.8, 4) is 0 Å². The van der Waals surface area contributed by atoms with E-state index in [1.807, 2.05) is 61.5 Å². The Balaban J connectivity index is 0.000000149. The summed E-state index contributed by atoms with van der Waals surface area (Å²) in [6.07, 6.45) is 1.59. The van der Waals surface area contributed by atoms with Crippen LogP contribution in [0.15, 0.2) is 60.9 Å². The van der Waals surface area contributed by atoms with Crippen LogP contribution in [-0.4, -0.2) is 9.97 Å². The predicted molar refractivity (Wildman–Crippen MR) is 75.7 cm³/mol. The molecular weight excluding hydrogens is 244 g/mol. The smallest absolute Gasteiger partial charge is 0.116 e. The van der Waals surface area contributed by atoms with E-state index in [1.165, 1.54) is 0 Å². The lowest BCUT2D eigenvalue weighted by Gasteiger charge is -1.96. The van der Waals surface area contributed by atoms with Crippen LogP contribution in [0.1, 0.15) is 5.69 Å². The molecule has 0 amide bonds. The second-order valence-corrected chi connectivity index (χ2v) is 4.21. The fourth-order valence-corrected chi connectivity index (χ4v) is 1.70. The molecule has 0 unspecified atom stereocenters. The molecule has 0 atom stereocenters. The Hall–Kier alpha value is -1.93. The largest absolute Gasteiger partial charge is 0.241 e. The van der Waals surface area contributed by atoms with Gasteiger partial charge in [-0.15, -0.1) is 0 Å². The zero-order valence-corrected chi connectivity index (χ0v) is 10.8. The Bertz CT molecular complexity index is 618. The van der Waals surface area contributed by atoms with Gasteiger partial charge in [0.15, 0.2) is 0 Å². The van der Waals surface area contributed by atoms with Crippen LogP contribution in [0.5, 0.6) is 0 Å². The van der Waals surface area contributed by atoms with Gasteiger partial charge in [0.05, 0.1) is 5.52 Å². The third-order valence-corrected chi connectivity index (χ3v) is 2.73. The molecule has 0 radical (unpaired) electrons. The number of aromatic nitrogens is 2. The highest BCUT2D eigenvalue weighted by molar-refractivity contribution is 6.30. The van der Waals surface area contributed by atoms with Crippen molar-refractivity contribution in [2.24, 2.45) is 0 Å². The summed E-state index contributed by atoms with van der Waals surface area (Å²) in [6, 6.07) is 17.4. The predicted octanol–water partition coefficient (Wildman–Crippen LogP) is 4.28. The van der Waals surface area contributed by atoms with Crippen molar-refractivity contribution < 1.29 is 0 Å². The molecule has 3 rings (SSSR count). The number of aryl methyl sites for hydroxylation is 1. The van der Waals surface area contributed by atoms with Crippen molar-refractivity contribution in [1.82, 2.24) is 9.97 Å². The standard InChI is InChI=1S/C9H8N2.C6H5Cl/c1-7-8-4-2-3-5-9(8)11-6-10-7;7-6-4-2-1-3-5-6/h2-6H,1H3;1-5H. The third kappa shape index (κ3) is 3.28. The van der Waals surface area contributed by atoms with Gasteiger partial charge in [0.1, 0.15) is 6.33 Å². The maximum Gasteiger partial charge on any atom is 0.116 e. The van der Waals surface area contributed by atoms with Crippen LogP contribution in [-0.2, 0) is 0 Å². The lowest BCUT2D eigenvalue weighted by molar-refractivity contribution is 1.15. The highest BCUT2D eigenvalue weighted by Gasteiger charge is 1.94. The molecule has 0 aliphatic rings. The fourth-order valence-electron chi connectivity index (χ4n) is 1.55. The minimum Gasteiger partial charge on any atom is -0.241 e. The Morgan fingerprint density at radius 2 is 1.50 bits per heavy atom. The summed E-state index contributed by atoms with van der Waals surface area (Å²) in [6.45, 7) is 1.99. The number of fused-ring (bicyclic) bond motifs is 1. The van der Waals surface area contributed by atoms with E-state index in [-0.39, 0.29) is 0 Å². The van der Waals surface area contributed by atoms with E-state index < -0.39 is 0 Å². The van der Waals surface area contributed by atoms with Gasteiger partial charge in [-0.3, -0.25) is 0 Å². The number of hydrogen-bond donors (Lipinski definition) is 0. The maximum atomic E-state index is 5.54. The molecule has 0 N–H and O–H groups in total. The Kier molecular flexibility index (Phi) is 4.26. The summed E-state index contributed by atoms with van der Waals surface area (Å²) in [5.41, 5.74) is 2.05. The average molecular weight is 257 g/mol. The third-order valence-electron chi connectivity index (χ3n) is 2.48. The summed E-state index contributed by atoms with van der Waals surface area (Å²) in [5.74, 6) is 0. The van der Waals surface area contributed by atoms with E-state index in [1.54, 1.807) is 6.33 Å². The van der Waals surface area contributed by atoms with Gasteiger partial charge in [-0.2, -0.15) is 0 Å². The van der Waals surface area contributed by atoms with Gasteiger partial charge in [-0.25, -0.2) is 9.97 Å². The lowest BCUT2D eigenvalue weighted by atomic mass is 10.2. The van der Waals surface area contributed by atoms with Gasteiger partial charge >= 0.3 is 0 Å². The van der Waals surface area contributed by atoms with Gasteiger partial charge in [-0.1, -0.05) is 48.0 Å². The molecule has 0 bridgehead atoms. The molecule has 0 saturated carbocycles. The number of hydrogen-bond acceptors (Lipinski definition) is 2. The number of nitrogens with zero attached hydrogens (tertiary/aromatic N) is 2. The molecule has 3 heteroatoms. The Morgan fingerprint density at radius 1 is 0.833 bits per heavy atom. The van der Waals surface area contributed by atoms with Gasteiger partial charge in [-0.05, 0) is 25.1 Å². The Morgan fingerprint density at radius 3 is 2.11 bits per heavy atom. The quantitative estimate of drug-likeness (QED) is 0.600. The second-order valence-electron chi connectivity index (χ2n) is 3.77. The first-order chi connectivity index (χ1) is 8.77. The van der Waals surface area contributed by atoms with Crippen LogP contribution >= 0.6 is 11.6 Å². The van der Waals surface area contributed by atoms with Crippen molar-refractivity contribution >= 4 is 22.5 Å². The molecular formula is C15H13ClN2. The summed E-state index contributed by atoms with van der Waals surface area (Å²) < 4.78 is 0. The van der Waals surface area contributed by atoms with Crippen LogP contribution in [0, 0.1) is 6.92 Å². The SMILES string of the molecule is Cc1ncnc2ccccc12.Clc1ccccc1. The average Bonchev–Trinajstić information content (AvgIpc) is 2.41. The van der Waals surface area contributed by atoms with Crippen molar-refractivity contribution in [2.75, 3.05) is 0 Å². The lowest BCUT2D eigenvalue weighted by Crippen LogP contribution is -1.85. The van der Waals surface area contributed by atoms with Gasteiger partial charge in [0.25, 0.3) is 0 Å². The number of halogens is 1. The molecule has 0 fully saturated rings. The minimum atomic E-state index is 0.794. The number of para-hydroxylation sites is 1. The maximum absolute atomic E-state index is 5.54. The van der Waals surface area contributed by atoms with E-state index in [0.29, 0.717) is 0 Å². The second kappa shape index (κ2) is 6.12. The van der Waals surface area contributed by atoms with E-state index in [9.17, 15) is 0 Å². The van der Waals surface area contributed by atoms with Crippen LogP contribution in [0.3, 0.4) is 0 Å². The molecule has 0 aliphatic heterocycles. The van der Waals surface area contributed by atoms with Gasteiger partial charge < -0.3 is 0 Å². The molecule has 0 spiro atoms. The van der Waals surface area contributed by atoms with E-state index in [2.05, 4.69) is 9.97 Å². The molecule has 2 nitrogen and oxygen atoms in total. The zero-order chi connectivity index (χ0) is 12.8. The molecule has 3 aromatic rings. The zero-order valence-electron chi connectivity index (χ0n) is 10.0. The van der Waals surface area contributed by atoms with Gasteiger partial charge in [0, 0.05) is 16.1 Å². The molecule has 1 aromatic heterocycles. The fraction of sp³-hybridized carbons (Fsp3) is 0.0667. The van der Waals surface area contributed by atoms with Crippen LogP contribution < -0.4 is 0 Å². The minimum absolute atomic E-state index is 0.794. The van der Waals surface area contributed by atoms with Crippen LogP contribution in [0.4, 0.5) is 0 Å². The number of rotatable bonds is 0. The number of benzene rings is 2. The molecule has 0 saturated heterocycles. The van der Waals surface area contributed by atoms with E-state index in [4.69, 9.17) is 11.6 Å². The first kappa shape index (κ1) is 12.5.